The van der Waals surface area contributed by atoms with E-state index in [-0.39, 0.29) is 0 Å². The molecule has 1 atom stereocenters. The first kappa shape index (κ1) is 16.8. The molecule has 0 amide bonds. The summed E-state index contributed by atoms with van der Waals surface area (Å²) in [5.74, 6) is 1.83. The lowest BCUT2D eigenvalue weighted by atomic mass is 10.00. The Morgan fingerprint density at radius 1 is 1.33 bits per heavy atom. The van der Waals surface area contributed by atoms with Crippen molar-refractivity contribution in [2.24, 2.45) is 0 Å². The highest BCUT2D eigenvalue weighted by atomic mass is 35.5. The first-order chi connectivity index (χ1) is 11.6. The predicted octanol–water partition coefficient (Wildman–Crippen LogP) is 4.58. The van der Waals surface area contributed by atoms with Gasteiger partial charge in [0.25, 0.3) is 0 Å². The van der Waals surface area contributed by atoms with Gasteiger partial charge < -0.3 is 15.4 Å². The van der Waals surface area contributed by atoms with Crippen LogP contribution in [-0.4, -0.2) is 22.6 Å². The molecule has 0 saturated carbocycles. The molecular formula is C18H23ClN4O. The monoisotopic (exact) mass is 346 g/mol. The number of anilines is 2. The Bertz CT molecular complexity index is 722. The number of nitrogens with two attached hydrogens (primary N) is 1. The molecular weight excluding hydrogens is 324 g/mol. The normalized spacial score (nSPS) is 17.8. The minimum atomic E-state index is 0.391. The lowest BCUT2D eigenvalue weighted by Crippen LogP contribution is -2.40. The van der Waals surface area contributed by atoms with Gasteiger partial charge in [0, 0.05) is 17.6 Å². The van der Waals surface area contributed by atoms with Gasteiger partial charge >= 0.3 is 0 Å². The summed E-state index contributed by atoms with van der Waals surface area (Å²) >= 11 is 6.06. The summed E-state index contributed by atoms with van der Waals surface area (Å²) in [5.41, 5.74) is 7.77. The van der Waals surface area contributed by atoms with Crippen molar-refractivity contribution in [2.75, 3.05) is 17.2 Å². The fraction of sp³-hybridized carbons (Fsp3) is 0.444. The minimum Gasteiger partial charge on any atom is -0.437 e. The smallest absolute Gasteiger partial charge is 0.248 e. The van der Waals surface area contributed by atoms with Gasteiger partial charge in [-0.2, -0.15) is 4.98 Å². The van der Waals surface area contributed by atoms with Gasteiger partial charge in [-0.1, -0.05) is 18.5 Å². The summed E-state index contributed by atoms with van der Waals surface area (Å²) in [5, 5.41) is 0.706. The molecule has 0 aliphatic carbocycles. The summed E-state index contributed by atoms with van der Waals surface area (Å²) in [7, 11) is 0. The van der Waals surface area contributed by atoms with Crippen molar-refractivity contribution in [3.05, 3.63) is 35.1 Å². The Morgan fingerprint density at radius 3 is 2.92 bits per heavy atom. The number of nitrogens with zero attached hydrogens (tertiary/aromatic N) is 3. The van der Waals surface area contributed by atoms with Gasteiger partial charge in [0.1, 0.15) is 17.8 Å². The maximum absolute atomic E-state index is 6.33. The van der Waals surface area contributed by atoms with E-state index in [0.717, 1.165) is 30.8 Å². The Kier molecular flexibility index (Phi) is 5.09. The highest BCUT2D eigenvalue weighted by Crippen LogP contribution is 2.35. The van der Waals surface area contributed by atoms with Gasteiger partial charge in [0.15, 0.2) is 5.82 Å². The molecule has 1 aromatic carbocycles. The second-order valence-electron chi connectivity index (χ2n) is 6.18. The summed E-state index contributed by atoms with van der Waals surface area (Å²) in [6.07, 6.45) is 6.19. The van der Waals surface area contributed by atoms with E-state index in [4.69, 9.17) is 22.1 Å². The molecule has 1 fully saturated rings. The quantitative estimate of drug-likeness (QED) is 0.877. The van der Waals surface area contributed by atoms with Crippen molar-refractivity contribution in [1.82, 2.24) is 9.97 Å². The van der Waals surface area contributed by atoms with Crippen LogP contribution in [0.5, 0.6) is 11.6 Å². The van der Waals surface area contributed by atoms with Crippen LogP contribution < -0.4 is 15.4 Å². The summed E-state index contributed by atoms with van der Waals surface area (Å²) < 4.78 is 5.88. The average molecular weight is 347 g/mol. The predicted molar refractivity (Wildman–Crippen MR) is 98.0 cm³/mol. The summed E-state index contributed by atoms with van der Waals surface area (Å²) in [6, 6.07) is 5.97. The van der Waals surface area contributed by atoms with Crippen molar-refractivity contribution in [1.29, 1.82) is 0 Å². The first-order valence-electron chi connectivity index (χ1n) is 8.41. The SMILES string of the molecule is CCC1CCCCN1c1ncnc(Oc2ccc(Cl)c(C)c2)c1N. The van der Waals surface area contributed by atoms with Gasteiger partial charge in [-0.3, -0.25) is 0 Å². The Morgan fingerprint density at radius 2 is 2.17 bits per heavy atom. The first-order valence-corrected chi connectivity index (χ1v) is 8.79. The summed E-state index contributed by atoms with van der Waals surface area (Å²) in [6.45, 7) is 5.11. The molecule has 0 spiro atoms. The van der Waals surface area contributed by atoms with E-state index in [0.29, 0.717) is 28.4 Å². The van der Waals surface area contributed by atoms with Crippen LogP contribution in [0.3, 0.4) is 0 Å². The molecule has 1 aromatic heterocycles. The van der Waals surface area contributed by atoms with E-state index in [9.17, 15) is 0 Å². The molecule has 6 heteroatoms. The lowest BCUT2D eigenvalue weighted by Gasteiger charge is -2.36. The van der Waals surface area contributed by atoms with Crippen LogP contribution in [0.1, 0.15) is 38.2 Å². The third-order valence-electron chi connectivity index (χ3n) is 4.54. The number of hydrogen-bond donors (Lipinski definition) is 1. The number of halogens is 1. The molecule has 1 saturated heterocycles. The second kappa shape index (κ2) is 7.26. The molecule has 3 rings (SSSR count). The van der Waals surface area contributed by atoms with Crippen molar-refractivity contribution < 1.29 is 4.74 Å². The highest BCUT2D eigenvalue weighted by molar-refractivity contribution is 6.31. The molecule has 0 bridgehead atoms. The van der Waals surface area contributed by atoms with Crippen molar-refractivity contribution in [3.8, 4) is 11.6 Å². The minimum absolute atomic E-state index is 0.391. The molecule has 2 N–H and O–H groups in total. The van der Waals surface area contributed by atoms with E-state index in [2.05, 4.69) is 21.8 Å². The number of piperidine rings is 1. The van der Waals surface area contributed by atoms with Crippen molar-refractivity contribution in [2.45, 2.75) is 45.6 Å². The number of aryl methyl sites for hydroxylation is 1. The van der Waals surface area contributed by atoms with Gasteiger partial charge in [0.2, 0.25) is 5.88 Å². The standard InChI is InChI=1S/C18H23ClN4O/c1-3-13-6-4-5-9-23(13)17-16(20)18(22-11-21-17)24-14-7-8-15(19)12(2)10-14/h7-8,10-11,13H,3-6,9,20H2,1-2H3. The van der Waals surface area contributed by atoms with E-state index < -0.39 is 0 Å². The number of aromatic nitrogens is 2. The molecule has 128 valence electrons. The van der Waals surface area contributed by atoms with Crippen LogP contribution >= 0.6 is 11.6 Å². The fourth-order valence-corrected chi connectivity index (χ4v) is 3.29. The zero-order valence-corrected chi connectivity index (χ0v) is 14.9. The maximum atomic E-state index is 6.33. The van der Waals surface area contributed by atoms with Gasteiger partial charge in [0.05, 0.1) is 0 Å². The maximum Gasteiger partial charge on any atom is 0.248 e. The topological polar surface area (TPSA) is 64.3 Å². The Labute approximate surface area is 147 Å². The van der Waals surface area contributed by atoms with Crippen LogP contribution in [0.2, 0.25) is 5.02 Å². The van der Waals surface area contributed by atoms with Crippen molar-refractivity contribution in [3.63, 3.8) is 0 Å². The van der Waals surface area contributed by atoms with Crippen LogP contribution in [0.25, 0.3) is 0 Å². The molecule has 24 heavy (non-hydrogen) atoms. The van der Waals surface area contributed by atoms with Gasteiger partial charge in [-0.15, -0.1) is 0 Å². The average Bonchev–Trinajstić information content (AvgIpc) is 2.60. The Balaban J connectivity index is 1.88. The van der Waals surface area contributed by atoms with Crippen LogP contribution in [-0.2, 0) is 0 Å². The third kappa shape index (κ3) is 3.41. The van der Waals surface area contributed by atoms with E-state index in [1.54, 1.807) is 0 Å². The largest absolute Gasteiger partial charge is 0.437 e. The molecule has 1 aliphatic rings. The summed E-state index contributed by atoms with van der Waals surface area (Å²) in [4.78, 5) is 10.9. The number of rotatable bonds is 4. The van der Waals surface area contributed by atoms with E-state index in [1.165, 1.54) is 19.2 Å². The van der Waals surface area contributed by atoms with E-state index >= 15 is 0 Å². The van der Waals surface area contributed by atoms with Crippen LogP contribution in [0, 0.1) is 6.92 Å². The van der Waals surface area contributed by atoms with Gasteiger partial charge in [-0.25, -0.2) is 4.98 Å². The van der Waals surface area contributed by atoms with Crippen molar-refractivity contribution >= 4 is 23.1 Å². The zero-order valence-electron chi connectivity index (χ0n) is 14.1. The second-order valence-corrected chi connectivity index (χ2v) is 6.59. The zero-order chi connectivity index (χ0) is 17.1. The highest BCUT2D eigenvalue weighted by Gasteiger charge is 2.25. The molecule has 2 heterocycles. The molecule has 2 aromatic rings. The number of ether oxygens (including phenoxy) is 1. The fourth-order valence-electron chi connectivity index (χ4n) is 3.18. The molecule has 5 nitrogen and oxygen atoms in total. The molecule has 0 radical (unpaired) electrons. The third-order valence-corrected chi connectivity index (χ3v) is 4.96. The number of benzene rings is 1. The molecule has 1 unspecified atom stereocenters. The van der Waals surface area contributed by atoms with Gasteiger partial charge in [-0.05, 0) is 56.4 Å². The van der Waals surface area contributed by atoms with Crippen LogP contribution in [0.15, 0.2) is 24.5 Å². The number of nitrogen functional groups attached to an aromatic ring is 1. The lowest BCUT2D eigenvalue weighted by molar-refractivity contribution is 0.441. The Hall–Kier alpha value is -2.01. The van der Waals surface area contributed by atoms with Crippen LogP contribution in [0.4, 0.5) is 11.5 Å². The van der Waals surface area contributed by atoms with E-state index in [1.807, 2.05) is 25.1 Å². The number of hydrogen-bond acceptors (Lipinski definition) is 5. The molecule has 1 aliphatic heterocycles.